The van der Waals surface area contributed by atoms with Crippen molar-refractivity contribution in [3.8, 4) is 0 Å². The van der Waals surface area contributed by atoms with Crippen LogP contribution in [0, 0.1) is 13.8 Å². The number of hydrogen-bond donors (Lipinski definition) is 0. The van der Waals surface area contributed by atoms with Crippen LogP contribution in [0.5, 0.6) is 0 Å². The van der Waals surface area contributed by atoms with Gasteiger partial charge in [0.25, 0.3) is 0 Å². The number of pyridine rings is 1. The van der Waals surface area contributed by atoms with Gasteiger partial charge in [-0.25, -0.2) is 4.98 Å². The van der Waals surface area contributed by atoms with Crippen molar-refractivity contribution in [2.45, 2.75) is 25.3 Å². The van der Waals surface area contributed by atoms with E-state index in [9.17, 15) is 4.79 Å². The number of benzene rings is 2. The van der Waals surface area contributed by atoms with Crippen molar-refractivity contribution in [2.75, 3.05) is 10.7 Å². The van der Waals surface area contributed by atoms with E-state index in [0.29, 0.717) is 17.4 Å². The summed E-state index contributed by atoms with van der Waals surface area (Å²) in [7, 11) is 0. The Morgan fingerprint density at radius 1 is 1.03 bits per heavy atom. The highest BCUT2D eigenvalue weighted by Gasteiger charge is 2.21. The smallest absolute Gasteiger partial charge is 0.239 e. The summed E-state index contributed by atoms with van der Waals surface area (Å²) in [6, 6.07) is 20.2. The number of amides is 1. The van der Waals surface area contributed by atoms with Crippen molar-refractivity contribution >= 4 is 44.4 Å². The molecular weight excluding hydrogens is 398 g/mol. The molecule has 29 heavy (non-hydrogen) atoms. The molecule has 0 atom stereocenters. The number of carbonyl (C=O) groups excluding carboxylic acids is 1. The average molecular weight is 420 g/mol. The third-order valence-electron chi connectivity index (χ3n) is 4.49. The van der Waals surface area contributed by atoms with Gasteiger partial charge in [0.2, 0.25) is 5.91 Å². The molecule has 0 spiro atoms. The van der Waals surface area contributed by atoms with Gasteiger partial charge in [-0.1, -0.05) is 41.2 Å². The fourth-order valence-corrected chi connectivity index (χ4v) is 4.76. The lowest BCUT2D eigenvalue weighted by Crippen LogP contribution is -2.32. The molecule has 1 amide bonds. The zero-order valence-corrected chi connectivity index (χ0v) is 18.0. The van der Waals surface area contributed by atoms with Crippen LogP contribution in [0.3, 0.4) is 0 Å². The highest BCUT2D eigenvalue weighted by Crippen LogP contribution is 2.31. The number of anilines is 1. The summed E-state index contributed by atoms with van der Waals surface area (Å²) in [5, 5.41) is 0.714. The van der Waals surface area contributed by atoms with Gasteiger partial charge < -0.3 is 0 Å². The number of thioether (sulfide) groups is 1. The van der Waals surface area contributed by atoms with Crippen LogP contribution >= 0.6 is 23.1 Å². The van der Waals surface area contributed by atoms with E-state index >= 15 is 0 Å². The van der Waals surface area contributed by atoms with Crippen LogP contribution in [-0.2, 0) is 11.3 Å². The van der Waals surface area contributed by atoms with E-state index in [4.69, 9.17) is 4.98 Å². The topological polar surface area (TPSA) is 46.1 Å². The minimum absolute atomic E-state index is 0.0250. The van der Waals surface area contributed by atoms with Crippen molar-refractivity contribution in [1.29, 1.82) is 0 Å². The Labute approximate surface area is 178 Å². The molecule has 0 saturated carbocycles. The summed E-state index contributed by atoms with van der Waals surface area (Å²) in [6.45, 7) is 4.53. The Hall–Kier alpha value is -2.70. The van der Waals surface area contributed by atoms with E-state index in [-0.39, 0.29) is 5.91 Å². The lowest BCUT2D eigenvalue weighted by molar-refractivity contribution is -0.116. The van der Waals surface area contributed by atoms with E-state index in [1.165, 1.54) is 11.1 Å². The second-order valence-corrected chi connectivity index (χ2v) is 8.93. The van der Waals surface area contributed by atoms with Crippen LogP contribution in [0.2, 0.25) is 0 Å². The van der Waals surface area contributed by atoms with Gasteiger partial charge in [0.05, 0.1) is 28.2 Å². The van der Waals surface area contributed by atoms with E-state index in [0.717, 1.165) is 20.8 Å². The first-order chi connectivity index (χ1) is 14.1. The number of aromatic nitrogens is 2. The molecule has 4 aromatic rings. The van der Waals surface area contributed by atoms with Gasteiger partial charge in [-0.3, -0.25) is 14.7 Å². The Morgan fingerprint density at radius 3 is 2.59 bits per heavy atom. The van der Waals surface area contributed by atoms with Gasteiger partial charge in [-0.05, 0) is 55.8 Å². The molecule has 0 aliphatic heterocycles. The Bertz CT molecular complexity index is 1120. The molecule has 2 aromatic heterocycles. The standard InChI is InChI=1S/C23H21N3OS2/c1-16-6-9-19(10-7-16)28-15-22(27)26(14-18-5-3-4-12-24-18)23-25-20-11-8-17(2)13-21(20)29-23/h3-13H,14-15H2,1-2H3. The van der Waals surface area contributed by atoms with Crippen molar-refractivity contribution in [3.05, 3.63) is 83.7 Å². The van der Waals surface area contributed by atoms with Crippen LogP contribution < -0.4 is 4.90 Å². The molecule has 0 unspecified atom stereocenters. The van der Waals surface area contributed by atoms with Gasteiger partial charge in [0.1, 0.15) is 0 Å². The minimum Gasteiger partial charge on any atom is -0.281 e. The average Bonchev–Trinajstić information content (AvgIpc) is 3.15. The summed E-state index contributed by atoms with van der Waals surface area (Å²) in [5.41, 5.74) is 4.16. The van der Waals surface area contributed by atoms with E-state index in [1.807, 2.05) is 30.3 Å². The van der Waals surface area contributed by atoms with Crippen molar-refractivity contribution in [3.63, 3.8) is 0 Å². The maximum Gasteiger partial charge on any atom is 0.239 e. The summed E-state index contributed by atoms with van der Waals surface area (Å²) < 4.78 is 1.09. The van der Waals surface area contributed by atoms with Crippen molar-refractivity contribution < 1.29 is 4.79 Å². The Morgan fingerprint density at radius 2 is 1.83 bits per heavy atom. The molecule has 4 nitrogen and oxygen atoms in total. The summed E-state index contributed by atoms with van der Waals surface area (Å²) in [5.74, 6) is 0.377. The molecule has 6 heteroatoms. The van der Waals surface area contributed by atoms with Gasteiger partial charge in [-0.15, -0.1) is 11.8 Å². The molecule has 4 rings (SSSR count). The summed E-state index contributed by atoms with van der Waals surface area (Å²) in [6.07, 6.45) is 1.75. The molecule has 0 radical (unpaired) electrons. The van der Waals surface area contributed by atoms with Crippen molar-refractivity contribution in [1.82, 2.24) is 9.97 Å². The number of hydrogen-bond acceptors (Lipinski definition) is 5. The first kappa shape index (κ1) is 19.6. The number of aryl methyl sites for hydroxylation is 2. The van der Waals surface area contributed by atoms with Crippen LogP contribution in [-0.4, -0.2) is 21.6 Å². The van der Waals surface area contributed by atoms with E-state index in [1.54, 1.807) is 34.2 Å². The molecule has 0 saturated heterocycles. The normalized spacial score (nSPS) is 11.0. The maximum atomic E-state index is 13.2. The van der Waals surface area contributed by atoms with E-state index in [2.05, 4.69) is 49.2 Å². The quantitative estimate of drug-likeness (QED) is 0.380. The number of carbonyl (C=O) groups is 1. The van der Waals surface area contributed by atoms with Gasteiger partial charge >= 0.3 is 0 Å². The zero-order chi connectivity index (χ0) is 20.2. The van der Waals surface area contributed by atoms with Crippen LogP contribution in [0.1, 0.15) is 16.8 Å². The van der Waals surface area contributed by atoms with E-state index < -0.39 is 0 Å². The SMILES string of the molecule is Cc1ccc(SCC(=O)N(Cc2ccccn2)c2nc3ccc(C)cc3s2)cc1. The Kier molecular flexibility index (Phi) is 5.92. The number of nitrogens with zero attached hydrogens (tertiary/aromatic N) is 3. The maximum absolute atomic E-state index is 13.2. The molecule has 2 heterocycles. The molecule has 146 valence electrons. The molecule has 0 N–H and O–H groups in total. The monoisotopic (exact) mass is 419 g/mol. The van der Waals surface area contributed by atoms with Crippen LogP contribution in [0.25, 0.3) is 10.2 Å². The predicted octanol–water partition coefficient (Wildman–Crippen LogP) is 5.63. The lowest BCUT2D eigenvalue weighted by atomic mass is 10.2. The third-order valence-corrected chi connectivity index (χ3v) is 6.53. The molecular formula is C23H21N3OS2. The fraction of sp³-hybridized carbons (Fsp3) is 0.174. The molecule has 0 bridgehead atoms. The first-order valence-corrected chi connectivity index (χ1v) is 11.2. The second-order valence-electron chi connectivity index (χ2n) is 6.87. The van der Waals surface area contributed by atoms with Gasteiger partial charge in [0, 0.05) is 11.1 Å². The van der Waals surface area contributed by atoms with Crippen molar-refractivity contribution in [2.24, 2.45) is 0 Å². The van der Waals surface area contributed by atoms with Crippen LogP contribution in [0.4, 0.5) is 5.13 Å². The largest absolute Gasteiger partial charge is 0.281 e. The molecule has 0 fully saturated rings. The van der Waals surface area contributed by atoms with Gasteiger partial charge in [0.15, 0.2) is 5.13 Å². The molecule has 0 aliphatic rings. The highest BCUT2D eigenvalue weighted by molar-refractivity contribution is 8.00. The second kappa shape index (κ2) is 8.76. The lowest BCUT2D eigenvalue weighted by Gasteiger charge is -2.19. The molecule has 2 aromatic carbocycles. The number of thiazole rings is 1. The molecule has 0 aliphatic carbocycles. The minimum atomic E-state index is 0.0250. The summed E-state index contributed by atoms with van der Waals surface area (Å²) >= 11 is 3.09. The Balaban J connectivity index is 1.59. The van der Waals surface area contributed by atoms with Crippen LogP contribution in [0.15, 0.2) is 71.8 Å². The highest BCUT2D eigenvalue weighted by atomic mass is 32.2. The number of fused-ring (bicyclic) bond motifs is 1. The number of rotatable bonds is 6. The third kappa shape index (κ3) is 4.83. The first-order valence-electron chi connectivity index (χ1n) is 9.35. The predicted molar refractivity (Wildman–Crippen MR) is 122 cm³/mol. The fourth-order valence-electron chi connectivity index (χ4n) is 2.91. The van der Waals surface area contributed by atoms with Gasteiger partial charge in [-0.2, -0.15) is 0 Å². The summed E-state index contributed by atoms with van der Waals surface area (Å²) in [4.78, 5) is 25.1. The zero-order valence-electron chi connectivity index (χ0n) is 16.3.